The van der Waals surface area contributed by atoms with E-state index in [1.54, 1.807) is 12.1 Å². The van der Waals surface area contributed by atoms with Gasteiger partial charge in [0.1, 0.15) is 23.0 Å². The Morgan fingerprint density at radius 2 is 1.79 bits per heavy atom. The number of hydrazine groups is 2. The fourth-order valence-corrected chi connectivity index (χ4v) is 6.49. The molecule has 4 N–H and O–H groups in total. The largest absolute Gasteiger partial charge is 0.345 e. The van der Waals surface area contributed by atoms with Crippen LogP contribution in [0.25, 0.3) is 0 Å². The molecule has 1 fully saturated rings. The Morgan fingerprint density at radius 3 is 2.37 bits per heavy atom. The predicted octanol–water partition coefficient (Wildman–Crippen LogP) is 5.12. The van der Waals surface area contributed by atoms with Crippen LogP contribution in [0.4, 0.5) is 8.78 Å². The zero-order chi connectivity index (χ0) is 30.8. The molecule has 2 amide bonds. The SMILES string of the molecule is CCCC[C@H](c1ccc(C(=O)NCC2=NNNN2)cc1)N1C(=O)C(c2cc(F)cc(F)c2)=NC12CCC(C(C)(C)C)CC2. The van der Waals surface area contributed by atoms with Gasteiger partial charge in [-0.1, -0.05) is 52.7 Å². The maximum absolute atomic E-state index is 14.3. The zero-order valence-corrected chi connectivity index (χ0v) is 25.3. The van der Waals surface area contributed by atoms with Crippen molar-refractivity contribution in [3.05, 3.63) is 70.8 Å². The number of nitrogens with one attached hydrogen (secondary N) is 4. The summed E-state index contributed by atoms with van der Waals surface area (Å²) < 4.78 is 28.6. The Kier molecular flexibility index (Phi) is 8.82. The van der Waals surface area contributed by atoms with E-state index in [4.69, 9.17) is 4.99 Å². The highest BCUT2D eigenvalue weighted by atomic mass is 19.1. The Balaban J connectivity index is 1.47. The van der Waals surface area contributed by atoms with Crippen molar-refractivity contribution in [1.82, 2.24) is 26.7 Å². The molecule has 2 aromatic rings. The van der Waals surface area contributed by atoms with Gasteiger partial charge in [-0.3, -0.25) is 20.0 Å². The highest BCUT2D eigenvalue weighted by molar-refractivity contribution is 6.46. The van der Waals surface area contributed by atoms with Gasteiger partial charge in [0, 0.05) is 17.2 Å². The van der Waals surface area contributed by atoms with E-state index in [-0.39, 0.29) is 41.1 Å². The van der Waals surface area contributed by atoms with Crippen molar-refractivity contribution in [2.24, 2.45) is 21.4 Å². The molecule has 230 valence electrons. The van der Waals surface area contributed by atoms with Crippen LogP contribution in [0.2, 0.25) is 0 Å². The van der Waals surface area contributed by atoms with Crippen LogP contribution >= 0.6 is 0 Å². The number of carbonyl (C=O) groups is 2. The Bertz CT molecular complexity index is 1390. The van der Waals surface area contributed by atoms with Gasteiger partial charge in [-0.05, 0) is 73.3 Å². The molecule has 2 aromatic carbocycles. The van der Waals surface area contributed by atoms with Gasteiger partial charge in [-0.15, -0.1) is 10.6 Å². The number of hydrazone groups is 1. The standard InChI is InChI=1S/C32H41F2N7O2/c1-5-6-7-26(20-8-10-21(11-9-20)29(42)35-19-27-37-39-40-38-27)41-30(43)28(22-16-24(33)18-25(34)17-22)36-32(41)14-12-23(13-15-32)31(2,3)4/h8-11,16-18,23,26,39-40H,5-7,12-15,19H2,1-4H3,(H,35,42)(H,37,38)/t23?,26-,32?/m1/s1. The van der Waals surface area contributed by atoms with Gasteiger partial charge in [0.05, 0.1) is 12.6 Å². The smallest absolute Gasteiger partial charge is 0.275 e. The van der Waals surface area contributed by atoms with Crippen molar-refractivity contribution >= 4 is 23.4 Å². The number of hydrogen-bond donors (Lipinski definition) is 4. The molecule has 9 nitrogen and oxygen atoms in total. The van der Waals surface area contributed by atoms with Crippen LogP contribution in [0.3, 0.4) is 0 Å². The number of benzene rings is 2. The fraction of sp³-hybridized carbons (Fsp3) is 0.500. The summed E-state index contributed by atoms with van der Waals surface area (Å²) in [6.07, 6.45) is 5.64. The molecule has 0 bridgehead atoms. The van der Waals surface area contributed by atoms with Crippen LogP contribution in [-0.2, 0) is 4.79 Å². The average molecular weight is 594 g/mol. The Morgan fingerprint density at radius 1 is 1.12 bits per heavy atom. The number of aliphatic imine (C=N–C) groups is 1. The van der Waals surface area contributed by atoms with Crippen LogP contribution in [0, 0.1) is 23.0 Å². The number of unbranched alkanes of at least 4 members (excludes halogenated alkanes) is 1. The summed E-state index contributed by atoms with van der Waals surface area (Å²) in [6, 6.07) is 10.2. The quantitative estimate of drug-likeness (QED) is 0.323. The topological polar surface area (TPSA) is 110 Å². The monoisotopic (exact) mass is 593 g/mol. The zero-order valence-electron chi connectivity index (χ0n) is 25.3. The number of rotatable bonds is 9. The minimum atomic E-state index is -0.803. The second-order valence-electron chi connectivity index (χ2n) is 12.8. The summed E-state index contributed by atoms with van der Waals surface area (Å²) in [5, 5.41) is 6.78. The van der Waals surface area contributed by atoms with Crippen LogP contribution in [0.5, 0.6) is 0 Å². The molecule has 0 aromatic heterocycles. The molecule has 1 saturated carbocycles. The molecule has 5 rings (SSSR count). The number of carbonyl (C=O) groups excluding carboxylic acids is 2. The van der Waals surface area contributed by atoms with Gasteiger partial charge in [-0.25, -0.2) is 14.3 Å². The highest BCUT2D eigenvalue weighted by Gasteiger charge is 2.52. The molecule has 11 heteroatoms. The molecule has 2 aliphatic heterocycles. The Hall–Kier alpha value is -3.86. The molecule has 1 spiro atoms. The number of amidine groups is 1. The molecule has 1 aliphatic carbocycles. The molecule has 43 heavy (non-hydrogen) atoms. The van der Waals surface area contributed by atoms with E-state index in [9.17, 15) is 18.4 Å². The van der Waals surface area contributed by atoms with Crippen LogP contribution < -0.4 is 21.8 Å². The molecule has 0 radical (unpaired) electrons. The van der Waals surface area contributed by atoms with Crippen molar-refractivity contribution in [3.63, 3.8) is 0 Å². The summed E-state index contributed by atoms with van der Waals surface area (Å²) in [7, 11) is 0. The van der Waals surface area contributed by atoms with Crippen molar-refractivity contribution < 1.29 is 18.4 Å². The maximum atomic E-state index is 14.3. The summed E-state index contributed by atoms with van der Waals surface area (Å²) >= 11 is 0. The fourth-order valence-electron chi connectivity index (χ4n) is 6.49. The number of hydrogen-bond acceptors (Lipinski definition) is 7. The van der Waals surface area contributed by atoms with E-state index in [1.807, 2.05) is 17.0 Å². The minimum Gasteiger partial charge on any atom is -0.345 e. The van der Waals surface area contributed by atoms with Crippen molar-refractivity contribution in [1.29, 1.82) is 0 Å². The van der Waals surface area contributed by atoms with E-state index in [0.717, 1.165) is 37.3 Å². The summed E-state index contributed by atoms with van der Waals surface area (Å²) in [5.41, 5.74) is 8.93. The first-order chi connectivity index (χ1) is 20.5. The van der Waals surface area contributed by atoms with Gasteiger partial charge in [0.15, 0.2) is 5.84 Å². The molecule has 3 aliphatic rings. The van der Waals surface area contributed by atoms with Gasteiger partial charge < -0.3 is 10.2 Å². The number of nitrogens with zero attached hydrogens (tertiary/aromatic N) is 3. The Labute approximate surface area is 251 Å². The molecule has 2 heterocycles. The van der Waals surface area contributed by atoms with Crippen LogP contribution in [0.1, 0.15) is 100 Å². The van der Waals surface area contributed by atoms with Gasteiger partial charge >= 0.3 is 0 Å². The van der Waals surface area contributed by atoms with Gasteiger partial charge in [0.25, 0.3) is 11.8 Å². The normalized spacial score (nSPS) is 22.6. The molecular weight excluding hydrogens is 552 g/mol. The van der Waals surface area contributed by atoms with E-state index >= 15 is 0 Å². The van der Waals surface area contributed by atoms with Gasteiger partial charge in [0.2, 0.25) is 0 Å². The van der Waals surface area contributed by atoms with Gasteiger partial charge in [-0.2, -0.15) is 0 Å². The predicted molar refractivity (Wildman–Crippen MR) is 162 cm³/mol. The average Bonchev–Trinajstić information content (AvgIpc) is 3.58. The first-order valence-corrected chi connectivity index (χ1v) is 15.1. The van der Waals surface area contributed by atoms with Crippen molar-refractivity contribution in [2.45, 2.75) is 84.3 Å². The second kappa shape index (κ2) is 12.4. The van der Waals surface area contributed by atoms with E-state index in [1.165, 1.54) is 12.1 Å². The van der Waals surface area contributed by atoms with Crippen molar-refractivity contribution in [2.75, 3.05) is 6.54 Å². The van der Waals surface area contributed by atoms with E-state index in [0.29, 0.717) is 36.6 Å². The van der Waals surface area contributed by atoms with E-state index < -0.39 is 17.3 Å². The highest BCUT2D eigenvalue weighted by Crippen LogP contribution is 2.50. The third-order valence-corrected chi connectivity index (χ3v) is 8.91. The lowest BCUT2D eigenvalue weighted by Crippen LogP contribution is -2.51. The summed E-state index contributed by atoms with van der Waals surface area (Å²) in [6.45, 7) is 9.05. The molecule has 0 saturated heterocycles. The lowest BCUT2D eigenvalue weighted by atomic mass is 9.69. The lowest BCUT2D eigenvalue weighted by Gasteiger charge is -2.47. The van der Waals surface area contributed by atoms with E-state index in [2.05, 4.69) is 54.6 Å². The first kappa shape index (κ1) is 30.6. The molecule has 0 unspecified atom stereocenters. The summed E-state index contributed by atoms with van der Waals surface area (Å²) in [4.78, 5) is 34.0. The van der Waals surface area contributed by atoms with Crippen molar-refractivity contribution in [3.8, 4) is 0 Å². The third-order valence-electron chi connectivity index (χ3n) is 8.91. The molecule has 1 atom stereocenters. The first-order valence-electron chi connectivity index (χ1n) is 15.1. The summed E-state index contributed by atoms with van der Waals surface area (Å²) in [5.74, 6) is -1.01. The lowest BCUT2D eigenvalue weighted by molar-refractivity contribution is -0.133. The second-order valence-corrected chi connectivity index (χ2v) is 12.8. The maximum Gasteiger partial charge on any atom is 0.275 e. The van der Waals surface area contributed by atoms with Crippen LogP contribution in [-0.4, -0.2) is 40.5 Å². The number of halogens is 2. The third kappa shape index (κ3) is 6.56. The van der Waals surface area contributed by atoms with Crippen LogP contribution in [0.15, 0.2) is 52.6 Å². The number of amides is 2. The molecular formula is C32H41F2N7O2. The minimum absolute atomic E-state index is 0.109.